The first kappa shape index (κ1) is 29.4. The van der Waals surface area contributed by atoms with E-state index in [0.717, 1.165) is 28.1 Å². The Balaban J connectivity index is 2.04. The average molecular weight is 601 g/mol. The lowest BCUT2D eigenvalue weighted by Gasteiger charge is -2.34. The molecule has 0 aliphatic carbocycles. The zero-order valence-electron chi connectivity index (χ0n) is 21.9. The Hall–Kier alpha value is -3.17. The maximum atomic E-state index is 14.0. The minimum Gasteiger partial charge on any atom is -0.352 e. The molecule has 0 unspecified atom stereocenters. The smallest absolute Gasteiger partial charge is 0.244 e. The molecular formula is C29H34BrN3O4S. The summed E-state index contributed by atoms with van der Waals surface area (Å²) < 4.78 is 27.4. The highest BCUT2D eigenvalue weighted by atomic mass is 79.9. The second-order valence-corrected chi connectivity index (χ2v) is 12.1. The van der Waals surface area contributed by atoms with Crippen LogP contribution in [0.3, 0.4) is 0 Å². The van der Waals surface area contributed by atoms with E-state index in [9.17, 15) is 18.0 Å². The van der Waals surface area contributed by atoms with Gasteiger partial charge in [0.25, 0.3) is 0 Å². The summed E-state index contributed by atoms with van der Waals surface area (Å²) in [5.74, 6) is -0.750. The van der Waals surface area contributed by atoms with E-state index in [1.165, 1.54) is 4.90 Å². The predicted molar refractivity (Wildman–Crippen MR) is 155 cm³/mol. The van der Waals surface area contributed by atoms with Crippen LogP contribution >= 0.6 is 15.9 Å². The van der Waals surface area contributed by atoms with Crippen LogP contribution in [0, 0.1) is 0 Å². The van der Waals surface area contributed by atoms with E-state index in [1.54, 1.807) is 24.3 Å². The highest BCUT2D eigenvalue weighted by molar-refractivity contribution is 9.10. The minimum atomic E-state index is -3.80. The van der Waals surface area contributed by atoms with Crippen molar-refractivity contribution in [3.8, 4) is 0 Å². The summed E-state index contributed by atoms with van der Waals surface area (Å²) in [4.78, 5) is 29.1. The van der Waals surface area contributed by atoms with Crippen molar-refractivity contribution in [3.05, 3.63) is 101 Å². The van der Waals surface area contributed by atoms with E-state index in [0.29, 0.717) is 10.2 Å². The number of halogens is 1. The number of rotatable bonds is 12. The molecule has 0 saturated heterocycles. The number of benzene rings is 3. The number of hydrogen-bond acceptors (Lipinski definition) is 4. The Morgan fingerprint density at radius 2 is 1.53 bits per heavy atom. The highest BCUT2D eigenvalue weighted by Crippen LogP contribution is 2.23. The summed E-state index contributed by atoms with van der Waals surface area (Å²) in [6.45, 7) is 3.61. The first-order valence-corrected chi connectivity index (χ1v) is 15.1. The molecule has 0 aromatic heterocycles. The number of amides is 2. The van der Waals surface area contributed by atoms with E-state index in [2.05, 4.69) is 21.2 Å². The van der Waals surface area contributed by atoms with E-state index in [-0.39, 0.29) is 24.9 Å². The molecular weight excluding hydrogens is 566 g/mol. The van der Waals surface area contributed by atoms with Crippen molar-refractivity contribution in [2.45, 2.75) is 45.3 Å². The molecule has 2 amide bonds. The van der Waals surface area contributed by atoms with Gasteiger partial charge in [0.2, 0.25) is 21.8 Å². The molecule has 3 aromatic rings. The predicted octanol–water partition coefficient (Wildman–Crippen LogP) is 4.77. The first-order valence-electron chi connectivity index (χ1n) is 12.5. The van der Waals surface area contributed by atoms with E-state index in [4.69, 9.17) is 0 Å². The van der Waals surface area contributed by atoms with Crippen molar-refractivity contribution < 1.29 is 18.0 Å². The second kappa shape index (κ2) is 13.6. The zero-order chi connectivity index (χ0) is 27.7. The maximum absolute atomic E-state index is 14.0. The molecule has 3 aromatic carbocycles. The number of carbonyl (C=O) groups is 2. The molecule has 1 N–H and O–H groups in total. The molecule has 0 aliphatic rings. The topological polar surface area (TPSA) is 86.8 Å². The number of sulfonamides is 1. The third-order valence-electron chi connectivity index (χ3n) is 6.24. The van der Waals surface area contributed by atoms with Crippen LogP contribution in [0.2, 0.25) is 0 Å². The van der Waals surface area contributed by atoms with Gasteiger partial charge in [-0.25, -0.2) is 8.42 Å². The van der Waals surface area contributed by atoms with Crippen LogP contribution in [0.5, 0.6) is 0 Å². The van der Waals surface area contributed by atoms with Crippen molar-refractivity contribution in [3.63, 3.8) is 0 Å². The van der Waals surface area contributed by atoms with Gasteiger partial charge in [0.1, 0.15) is 12.6 Å². The summed E-state index contributed by atoms with van der Waals surface area (Å²) >= 11 is 3.38. The monoisotopic (exact) mass is 599 g/mol. The quantitative estimate of drug-likeness (QED) is 0.325. The molecule has 3 rings (SSSR count). The number of carbonyl (C=O) groups excluding carboxylic acids is 2. The number of nitrogens with one attached hydrogen (secondary N) is 1. The molecule has 0 aliphatic heterocycles. The number of anilines is 1. The van der Waals surface area contributed by atoms with Gasteiger partial charge in [-0.1, -0.05) is 89.6 Å². The lowest BCUT2D eigenvalue weighted by molar-refractivity contribution is -0.140. The average Bonchev–Trinajstić information content (AvgIpc) is 2.89. The van der Waals surface area contributed by atoms with Gasteiger partial charge >= 0.3 is 0 Å². The van der Waals surface area contributed by atoms with Gasteiger partial charge < -0.3 is 10.2 Å². The van der Waals surface area contributed by atoms with Crippen molar-refractivity contribution in [2.24, 2.45) is 0 Å². The molecule has 0 spiro atoms. The van der Waals surface area contributed by atoms with Gasteiger partial charge in [0.05, 0.1) is 11.9 Å². The van der Waals surface area contributed by atoms with Crippen LogP contribution in [0.15, 0.2) is 89.4 Å². The van der Waals surface area contributed by atoms with Crippen LogP contribution in [-0.4, -0.2) is 50.0 Å². The number of hydrogen-bond donors (Lipinski definition) is 1. The molecule has 0 radical (unpaired) electrons. The van der Waals surface area contributed by atoms with Crippen molar-refractivity contribution in [1.82, 2.24) is 10.2 Å². The van der Waals surface area contributed by atoms with Gasteiger partial charge in [-0.2, -0.15) is 0 Å². The highest BCUT2D eigenvalue weighted by Gasteiger charge is 2.33. The lowest BCUT2D eigenvalue weighted by Crippen LogP contribution is -2.54. The van der Waals surface area contributed by atoms with Gasteiger partial charge in [0, 0.05) is 23.5 Å². The third kappa shape index (κ3) is 8.43. The summed E-state index contributed by atoms with van der Waals surface area (Å²) in [6, 6.07) is 24.7. The Kier molecular flexibility index (Phi) is 10.5. The Morgan fingerprint density at radius 3 is 2.08 bits per heavy atom. The first-order chi connectivity index (χ1) is 18.1. The Bertz CT molecular complexity index is 1320. The molecule has 0 saturated carbocycles. The molecule has 0 heterocycles. The fourth-order valence-electron chi connectivity index (χ4n) is 4.02. The van der Waals surface area contributed by atoms with Gasteiger partial charge in [-0.05, 0) is 42.7 Å². The second-order valence-electron chi connectivity index (χ2n) is 9.28. The van der Waals surface area contributed by atoms with Crippen LogP contribution in [0.25, 0.3) is 0 Å². The van der Waals surface area contributed by atoms with Crippen LogP contribution in [0.4, 0.5) is 5.69 Å². The minimum absolute atomic E-state index is 0.0800. The fraction of sp³-hybridized carbons (Fsp3) is 0.310. The Morgan fingerprint density at radius 1 is 0.921 bits per heavy atom. The van der Waals surface area contributed by atoms with E-state index >= 15 is 0 Å². The van der Waals surface area contributed by atoms with E-state index in [1.807, 2.05) is 74.5 Å². The summed E-state index contributed by atoms with van der Waals surface area (Å²) in [5, 5.41) is 3.02. The van der Waals surface area contributed by atoms with Crippen molar-refractivity contribution >= 4 is 43.5 Å². The van der Waals surface area contributed by atoms with Gasteiger partial charge in [-0.3, -0.25) is 13.9 Å². The normalized spacial score (nSPS) is 12.8. The van der Waals surface area contributed by atoms with Crippen LogP contribution in [-0.2, 0) is 32.6 Å². The molecule has 202 valence electrons. The molecule has 0 bridgehead atoms. The standard InChI is InChI=1S/C29H34BrN3O4S/c1-4-22(2)31-29(35)27(18-23-12-7-5-8-13-23)32(20-24-14-9-6-10-15-24)28(34)21-33(38(3,36)37)26-17-11-16-25(30)19-26/h5-17,19,22,27H,4,18,20-21H2,1-3H3,(H,31,35)/t22-,27-/m0/s1. The van der Waals surface area contributed by atoms with Crippen LogP contribution < -0.4 is 9.62 Å². The molecule has 0 fully saturated rings. The third-order valence-corrected chi connectivity index (χ3v) is 7.88. The van der Waals surface area contributed by atoms with E-state index < -0.39 is 28.5 Å². The maximum Gasteiger partial charge on any atom is 0.244 e. The fourth-order valence-corrected chi connectivity index (χ4v) is 5.25. The Labute approximate surface area is 234 Å². The molecule has 9 heteroatoms. The van der Waals surface area contributed by atoms with Crippen LogP contribution in [0.1, 0.15) is 31.4 Å². The molecule has 2 atom stereocenters. The largest absolute Gasteiger partial charge is 0.352 e. The van der Waals surface area contributed by atoms with Crippen molar-refractivity contribution in [2.75, 3.05) is 17.1 Å². The lowest BCUT2D eigenvalue weighted by atomic mass is 10.0. The summed E-state index contributed by atoms with van der Waals surface area (Å²) in [5.41, 5.74) is 2.09. The molecule has 7 nitrogen and oxygen atoms in total. The SMILES string of the molecule is CC[C@H](C)NC(=O)[C@H](Cc1ccccc1)N(Cc1ccccc1)C(=O)CN(c1cccc(Br)c1)S(C)(=O)=O. The van der Waals surface area contributed by atoms with Gasteiger partial charge in [0.15, 0.2) is 0 Å². The number of nitrogens with zero attached hydrogens (tertiary/aromatic N) is 2. The zero-order valence-corrected chi connectivity index (χ0v) is 24.3. The van der Waals surface area contributed by atoms with Crippen molar-refractivity contribution in [1.29, 1.82) is 0 Å². The summed E-state index contributed by atoms with van der Waals surface area (Å²) in [6.07, 6.45) is 2.10. The van der Waals surface area contributed by atoms with Gasteiger partial charge in [-0.15, -0.1) is 0 Å². The summed E-state index contributed by atoms with van der Waals surface area (Å²) in [7, 11) is -3.80. The molecule has 38 heavy (non-hydrogen) atoms.